The Labute approximate surface area is 113 Å². The molecule has 0 atom stereocenters. The predicted molar refractivity (Wildman–Crippen MR) is 56.8 cm³/mol. The molecule has 4 nitrogen and oxygen atoms in total. The van der Waals surface area contributed by atoms with E-state index in [9.17, 15) is 31.1 Å². The Hall–Kier alpha value is -1.52. The Balaban J connectivity index is 2.52. The lowest BCUT2D eigenvalue weighted by atomic mass is 10.4. The van der Waals surface area contributed by atoms with E-state index in [0.717, 1.165) is 6.20 Å². The fourth-order valence-corrected chi connectivity index (χ4v) is 1.61. The molecule has 1 amide bonds. The predicted octanol–water partition coefficient (Wildman–Crippen LogP) is 2.27. The molecule has 0 spiro atoms. The fraction of sp³-hybridized carbons (Fsp3) is 0.444. The molecule has 20 heavy (non-hydrogen) atoms. The molecular weight excluding hydrogens is 312 g/mol. The van der Waals surface area contributed by atoms with E-state index in [-0.39, 0.29) is 5.16 Å². The minimum Gasteiger partial charge on any atom is -0.346 e. The molecule has 112 valence electrons. The smallest absolute Gasteiger partial charge is 0.346 e. The molecule has 1 aromatic heterocycles. The van der Waals surface area contributed by atoms with Crippen molar-refractivity contribution in [3.63, 3.8) is 0 Å². The van der Waals surface area contributed by atoms with Gasteiger partial charge in [0, 0.05) is 6.20 Å². The Morgan fingerprint density at radius 2 is 1.90 bits per heavy atom. The zero-order valence-corrected chi connectivity index (χ0v) is 10.4. The van der Waals surface area contributed by atoms with Gasteiger partial charge in [-0.25, -0.2) is 9.97 Å². The first-order valence-electron chi connectivity index (χ1n) is 4.94. The lowest BCUT2D eigenvalue weighted by Crippen LogP contribution is -2.34. The zero-order valence-electron chi connectivity index (χ0n) is 9.55. The van der Waals surface area contributed by atoms with E-state index in [4.69, 9.17) is 0 Å². The van der Waals surface area contributed by atoms with Crippen molar-refractivity contribution in [1.82, 2.24) is 15.3 Å². The highest BCUT2D eigenvalue weighted by molar-refractivity contribution is 7.99. The van der Waals surface area contributed by atoms with Crippen LogP contribution in [0.15, 0.2) is 17.4 Å². The molecule has 0 radical (unpaired) electrons. The van der Waals surface area contributed by atoms with Crippen LogP contribution in [0.25, 0.3) is 0 Å². The van der Waals surface area contributed by atoms with Crippen molar-refractivity contribution < 1.29 is 31.1 Å². The molecule has 0 fully saturated rings. The second kappa shape index (κ2) is 6.29. The van der Waals surface area contributed by atoms with Crippen LogP contribution in [0.3, 0.4) is 0 Å². The number of rotatable bonds is 4. The van der Waals surface area contributed by atoms with E-state index in [1.54, 1.807) is 5.32 Å². The molecule has 0 aromatic carbocycles. The van der Waals surface area contributed by atoms with E-state index >= 15 is 0 Å². The highest BCUT2D eigenvalue weighted by Gasteiger charge is 2.33. The normalized spacial score (nSPS) is 12.3. The summed E-state index contributed by atoms with van der Waals surface area (Å²) in [6.45, 7) is -1.50. The molecule has 1 N–H and O–H groups in total. The first kappa shape index (κ1) is 16.5. The van der Waals surface area contributed by atoms with Gasteiger partial charge in [-0.15, -0.1) is 0 Å². The van der Waals surface area contributed by atoms with Gasteiger partial charge in [0.15, 0.2) is 5.16 Å². The standard InChI is InChI=1S/C9H7F6N3OS/c10-8(11,12)4-17-6(19)3-20-7-16-2-1-5(18-7)9(13,14)15/h1-2H,3-4H2,(H,17,19). The number of hydrogen-bond donors (Lipinski definition) is 1. The molecule has 1 rings (SSSR count). The van der Waals surface area contributed by atoms with Crippen LogP contribution in [0, 0.1) is 0 Å². The molecule has 0 bridgehead atoms. The number of nitrogens with zero attached hydrogens (tertiary/aromatic N) is 2. The molecular formula is C9H7F6N3OS. The molecule has 0 unspecified atom stereocenters. The van der Waals surface area contributed by atoms with E-state index < -0.39 is 36.3 Å². The van der Waals surface area contributed by atoms with Crippen molar-refractivity contribution in [3.05, 3.63) is 18.0 Å². The summed E-state index contributed by atoms with van der Waals surface area (Å²) in [6.07, 6.45) is -8.35. The number of alkyl halides is 6. The van der Waals surface area contributed by atoms with Crippen molar-refractivity contribution in [2.24, 2.45) is 0 Å². The van der Waals surface area contributed by atoms with Gasteiger partial charge in [-0.05, 0) is 6.07 Å². The van der Waals surface area contributed by atoms with Gasteiger partial charge in [-0.3, -0.25) is 4.79 Å². The monoisotopic (exact) mass is 319 g/mol. The zero-order chi connectivity index (χ0) is 15.4. The van der Waals surface area contributed by atoms with Gasteiger partial charge in [0.2, 0.25) is 5.91 Å². The summed E-state index contributed by atoms with van der Waals surface area (Å²) in [7, 11) is 0. The second-order valence-corrected chi connectivity index (χ2v) is 4.35. The second-order valence-electron chi connectivity index (χ2n) is 3.40. The van der Waals surface area contributed by atoms with Crippen LogP contribution < -0.4 is 5.32 Å². The molecule has 0 aliphatic heterocycles. The van der Waals surface area contributed by atoms with Crippen molar-refractivity contribution in [3.8, 4) is 0 Å². The van der Waals surface area contributed by atoms with E-state index in [2.05, 4.69) is 9.97 Å². The van der Waals surface area contributed by atoms with Crippen LogP contribution in [-0.2, 0) is 11.0 Å². The number of hydrogen-bond acceptors (Lipinski definition) is 4. The summed E-state index contributed by atoms with van der Waals surface area (Å²) in [5, 5.41) is 1.23. The first-order chi connectivity index (χ1) is 9.08. The summed E-state index contributed by atoms with van der Waals surface area (Å²) in [6, 6.07) is 0.647. The maximum absolute atomic E-state index is 12.3. The summed E-state index contributed by atoms with van der Waals surface area (Å²) < 4.78 is 72.3. The number of thioether (sulfide) groups is 1. The lowest BCUT2D eigenvalue weighted by Gasteiger charge is -2.08. The molecule has 0 aliphatic carbocycles. The summed E-state index contributed by atoms with van der Waals surface area (Å²) >= 11 is 0.508. The fourth-order valence-electron chi connectivity index (χ4n) is 0.948. The third-order valence-electron chi connectivity index (χ3n) is 1.74. The van der Waals surface area contributed by atoms with Crippen LogP contribution in [0.4, 0.5) is 26.3 Å². The molecule has 0 saturated carbocycles. The van der Waals surface area contributed by atoms with Gasteiger partial charge in [-0.1, -0.05) is 11.8 Å². The highest BCUT2D eigenvalue weighted by Crippen LogP contribution is 2.28. The van der Waals surface area contributed by atoms with Crippen LogP contribution >= 0.6 is 11.8 Å². The average Bonchev–Trinajstić information content (AvgIpc) is 2.32. The maximum Gasteiger partial charge on any atom is 0.433 e. The number of amides is 1. The van der Waals surface area contributed by atoms with Gasteiger partial charge in [0.1, 0.15) is 12.2 Å². The number of halogens is 6. The van der Waals surface area contributed by atoms with Crippen molar-refractivity contribution in [2.75, 3.05) is 12.3 Å². The van der Waals surface area contributed by atoms with Crippen molar-refractivity contribution in [1.29, 1.82) is 0 Å². The maximum atomic E-state index is 12.3. The summed E-state index contributed by atoms with van der Waals surface area (Å²) in [5.41, 5.74) is -1.19. The van der Waals surface area contributed by atoms with Crippen LogP contribution in [0.2, 0.25) is 0 Å². The minimum absolute atomic E-state index is 0.345. The Kier molecular flexibility index (Phi) is 5.20. The summed E-state index contributed by atoms with van der Waals surface area (Å²) in [5.74, 6) is -1.49. The van der Waals surface area contributed by atoms with Crippen molar-refractivity contribution in [2.45, 2.75) is 17.5 Å². The lowest BCUT2D eigenvalue weighted by molar-refractivity contribution is -0.141. The quantitative estimate of drug-likeness (QED) is 0.525. The number of carbonyl (C=O) groups excluding carboxylic acids is 1. The van der Waals surface area contributed by atoms with E-state index in [0.29, 0.717) is 17.8 Å². The highest BCUT2D eigenvalue weighted by atomic mass is 32.2. The molecule has 0 saturated heterocycles. The largest absolute Gasteiger partial charge is 0.433 e. The van der Waals surface area contributed by atoms with Crippen LogP contribution in [-0.4, -0.2) is 34.3 Å². The first-order valence-corrected chi connectivity index (χ1v) is 5.93. The van der Waals surface area contributed by atoms with E-state index in [1.165, 1.54) is 0 Å². The van der Waals surface area contributed by atoms with E-state index in [1.807, 2.05) is 0 Å². The Morgan fingerprint density at radius 3 is 2.45 bits per heavy atom. The van der Waals surface area contributed by atoms with Crippen molar-refractivity contribution >= 4 is 17.7 Å². The van der Waals surface area contributed by atoms with Gasteiger partial charge in [0.05, 0.1) is 5.75 Å². The third-order valence-corrected chi connectivity index (χ3v) is 2.60. The van der Waals surface area contributed by atoms with Crippen LogP contribution in [0.1, 0.15) is 5.69 Å². The van der Waals surface area contributed by atoms with Gasteiger partial charge >= 0.3 is 12.4 Å². The van der Waals surface area contributed by atoms with Crippen LogP contribution in [0.5, 0.6) is 0 Å². The molecule has 0 aliphatic rings. The molecule has 1 heterocycles. The average molecular weight is 319 g/mol. The Morgan fingerprint density at radius 1 is 1.25 bits per heavy atom. The molecule has 1 aromatic rings. The Bertz CT molecular complexity index is 475. The van der Waals surface area contributed by atoms with Gasteiger partial charge < -0.3 is 5.32 Å². The van der Waals surface area contributed by atoms with Gasteiger partial charge in [-0.2, -0.15) is 26.3 Å². The molecule has 11 heteroatoms. The number of aromatic nitrogens is 2. The van der Waals surface area contributed by atoms with Gasteiger partial charge in [0.25, 0.3) is 0 Å². The summed E-state index contributed by atoms with van der Waals surface area (Å²) in [4.78, 5) is 17.7. The third kappa shape index (κ3) is 6.08. The SMILES string of the molecule is O=C(CSc1nccc(C(F)(F)F)n1)NCC(F)(F)F. The topological polar surface area (TPSA) is 54.9 Å². The number of carbonyl (C=O) groups is 1. The minimum atomic E-state index is -4.66. The number of nitrogens with one attached hydrogen (secondary N) is 1.